The largest absolute Gasteiger partial charge is 0.389 e. The van der Waals surface area contributed by atoms with Crippen molar-refractivity contribution in [1.29, 1.82) is 0 Å². The van der Waals surface area contributed by atoms with E-state index < -0.39 is 18.0 Å². The summed E-state index contributed by atoms with van der Waals surface area (Å²) < 4.78 is 17.0. The standard InChI is InChI=1S/C17H27NO/c1-14-7-9-15(10-8-14)16(13-18(2)3)17(19)11-5-4-6-12-17/h7-10,16,19H,4-6,11-13H2,1-3H3/i13D2. The maximum atomic E-state index is 11.2. The lowest BCUT2D eigenvalue weighted by Crippen LogP contribution is -2.42. The Balaban J connectivity index is 2.46. The lowest BCUT2D eigenvalue weighted by molar-refractivity contribution is -0.0277. The van der Waals surface area contributed by atoms with Gasteiger partial charge < -0.3 is 10.0 Å². The van der Waals surface area contributed by atoms with E-state index in [0.29, 0.717) is 12.8 Å². The van der Waals surface area contributed by atoms with Crippen LogP contribution in [-0.2, 0) is 0 Å². The number of benzene rings is 1. The van der Waals surface area contributed by atoms with E-state index in [1.807, 2.05) is 31.2 Å². The van der Waals surface area contributed by atoms with Crippen molar-refractivity contribution in [2.24, 2.45) is 0 Å². The van der Waals surface area contributed by atoms with Gasteiger partial charge in [-0.25, -0.2) is 0 Å². The molecule has 2 heteroatoms. The van der Waals surface area contributed by atoms with Gasteiger partial charge in [-0.05, 0) is 39.4 Å². The molecule has 1 atom stereocenters. The fourth-order valence-electron chi connectivity index (χ4n) is 2.97. The Labute approximate surface area is 120 Å². The number of aryl methyl sites for hydroxylation is 1. The van der Waals surface area contributed by atoms with Gasteiger partial charge in [0.1, 0.15) is 0 Å². The first-order valence-corrected chi connectivity index (χ1v) is 7.24. The van der Waals surface area contributed by atoms with Crippen LogP contribution in [0.5, 0.6) is 0 Å². The van der Waals surface area contributed by atoms with E-state index in [1.165, 1.54) is 0 Å². The number of rotatable bonds is 4. The van der Waals surface area contributed by atoms with Crippen LogP contribution in [0.1, 0.15) is 51.9 Å². The van der Waals surface area contributed by atoms with Crippen LogP contribution in [0, 0.1) is 6.92 Å². The van der Waals surface area contributed by atoms with Gasteiger partial charge in [-0.1, -0.05) is 49.1 Å². The Bertz CT molecular complexity index is 464. The van der Waals surface area contributed by atoms with Crippen LogP contribution in [0.2, 0.25) is 0 Å². The quantitative estimate of drug-likeness (QED) is 0.900. The Hall–Kier alpha value is -0.860. The van der Waals surface area contributed by atoms with Crippen LogP contribution in [-0.4, -0.2) is 36.2 Å². The van der Waals surface area contributed by atoms with E-state index >= 15 is 0 Å². The van der Waals surface area contributed by atoms with E-state index in [9.17, 15) is 5.11 Å². The van der Waals surface area contributed by atoms with Crippen LogP contribution in [0.25, 0.3) is 0 Å². The SMILES string of the molecule is [2H]C([2H])(C(c1ccc(C)cc1)C1(O)CCCCC1)N(C)C. The highest BCUT2D eigenvalue weighted by Crippen LogP contribution is 2.40. The highest BCUT2D eigenvalue weighted by molar-refractivity contribution is 5.27. The van der Waals surface area contributed by atoms with Gasteiger partial charge in [0.2, 0.25) is 0 Å². The van der Waals surface area contributed by atoms with Crippen LogP contribution in [0.15, 0.2) is 24.3 Å². The summed E-state index contributed by atoms with van der Waals surface area (Å²) in [7, 11) is 3.49. The molecule has 1 N–H and O–H groups in total. The summed E-state index contributed by atoms with van der Waals surface area (Å²) in [5.74, 6) is -0.527. The molecule has 2 nitrogen and oxygen atoms in total. The molecular formula is C17H27NO. The van der Waals surface area contributed by atoms with Crippen molar-refractivity contribution < 1.29 is 7.85 Å². The second-order valence-electron chi connectivity index (χ2n) is 6.03. The smallest absolute Gasteiger partial charge is 0.0728 e. The lowest BCUT2D eigenvalue weighted by atomic mass is 9.72. The molecule has 2 rings (SSSR count). The zero-order valence-corrected chi connectivity index (χ0v) is 12.3. The summed E-state index contributed by atoms with van der Waals surface area (Å²) in [6.07, 6.45) is 4.44. The molecule has 0 saturated heterocycles. The topological polar surface area (TPSA) is 23.5 Å². The van der Waals surface area contributed by atoms with Gasteiger partial charge in [-0.2, -0.15) is 0 Å². The molecule has 19 heavy (non-hydrogen) atoms. The highest BCUT2D eigenvalue weighted by atomic mass is 16.3. The number of hydrogen-bond donors (Lipinski definition) is 1. The summed E-state index contributed by atoms with van der Waals surface area (Å²) in [4.78, 5) is 1.59. The summed E-state index contributed by atoms with van der Waals surface area (Å²) in [5, 5.41) is 11.2. The lowest BCUT2D eigenvalue weighted by Gasteiger charge is -2.40. The van der Waals surface area contributed by atoms with Gasteiger partial charge in [0.15, 0.2) is 0 Å². The third-order valence-electron chi connectivity index (χ3n) is 4.05. The molecule has 1 aromatic carbocycles. The number of hydrogen-bond acceptors (Lipinski definition) is 2. The summed E-state index contributed by atoms with van der Waals surface area (Å²) >= 11 is 0. The van der Waals surface area contributed by atoms with Gasteiger partial charge in [-0.15, -0.1) is 0 Å². The molecule has 1 aliphatic rings. The van der Waals surface area contributed by atoms with Crippen LogP contribution >= 0.6 is 0 Å². The van der Waals surface area contributed by atoms with Gasteiger partial charge >= 0.3 is 0 Å². The van der Waals surface area contributed by atoms with Gasteiger partial charge in [0.05, 0.1) is 5.60 Å². The third-order valence-corrected chi connectivity index (χ3v) is 4.05. The summed E-state index contributed by atoms with van der Waals surface area (Å²) in [6.45, 7) is 0.441. The zero-order chi connectivity index (χ0) is 15.7. The fourth-order valence-corrected chi connectivity index (χ4v) is 2.97. The molecule has 0 aliphatic heterocycles. The Kier molecular flexibility index (Phi) is 3.80. The van der Waals surface area contributed by atoms with Crippen LogP contribution in [0.4, 0.5) is 0 Å². The van der Waals surface area contributed by atoms with Gasteiger partial charge in [0.25, 0.3) is 0 Å². The molecule has 1 aliphatic carbocycles. The van der Waals surface area contributed by atoms with E-state index in [0.717, 1.165) is 30.4 Å². The Morgan fingerprint density at radius 1 is 1.21 bits per heavy atom. The van der Waals surface area contributed by atoms with Crippen LogP contribution < -0.4 is 0 Å². The monoisotopic (exact) mass is 263 g/mol. The van der Waals surface area contributed by atoms with Crippen molar-refractivity contribution >= 4 is 0 Å². The van der Waals surface area contributed by atoms with Crippen LogP contribution in [0.3, 0.4) is 0 Å². The second-order valence-corrected chi connectivity index (χ2v) is 6.03. The summed E-state index contributed by atoms with van der Waals surface area (Å²) in [5.41, 5.74) is 1.09. The van der Waals surface area contributed by atoms with Crippen molar-refractivity contribution in [3.63, 3.8) is 0 Å². The minimum Gasteiger partial charge on any atom is -0.389 e. The first-order chi connectivity index (χ1) is 9.77. The van der Waals surface area contributed by atoms with Crippen molar-refractivity contribution in [2.45, 2.75) is 50.5 Å². The molecule has 1 unspecified atom stereocenters. The van der Waals surface area contributed by atoms with Gasteiger partial charge in [-0.3, -0.25) is 0 Å². The van der Waals surface area contributed by atoms with E-state index in [2.05, 4.69) is 0 Å². The summed E-state index contributed by atoms with van der Waals surface area (Å²) in [6, 6.07) is 7.93. The minimum atomic E-state index is -1.58. The Morgan fingerprint density at radius 3 is 2.32 bits per heavy atom. The van der Waals surface area contributed by atoms with E-state index in [1.54, 1.807) is 19.0 Å². The van der Waals surface area contributed by atoms with E-state index in [-0.39, 0.29) is 0 Å². The normalized spacial score (nSPS) is 22.8. The average molecular weight is 263 g/mol. The molecule has 0 aromatic heterocycles. The predicted octanol–water partition coefficient (Wildman–Crippen LogP) is 3.34. The first kappa shape index (κ1) is 11.9. The maximum Gasteiger partial charge on any atom is 0.0728 e. The average Bonchev–Trinajstić information content (AvgIpc) is 2.41. The van der Waals surface area contributed by atoms with Crippen molar-refractivity contribution in [1.82, 2.24) is 4.90 Å². The molecular weight excluding hydrogens is 234 g/mol. The predicted molar refractivity (Wildman–Crippen MR) is 80.5 cm³/mol. The van der Waals surface area contributed by atoms with Crippen molar-refractivity contribution in [3.05, 3.63) is 35.4 Å². The van der Waals surface area contributed by atoms with Crippen molar-refractivity contribution in [3.8, 4) is 0 Å². The van der Waals surface area contributed by atoms with E-state index in [4.69, 9.17) is 2.74 Å². The fraction of sp³-hybridized carbons (Fsp3) is 0.647. The highest BCUT2D eigenvalue weighted by Gasteiger charge is 2.38. The molecule has 1 saturated carbocycles. The Morgan fingerprint density at radius 2 is 1.79 bits per heavy atom. The second kappa shape index (κ2) is 6.06. The number of aliphatic hydroxyl groups is 1. The third kappa shape index (κ3) is 3.58. The van der Waals surface area contributed by atoms with Crippen molar-refractivity contribution in [2.75, 3.05) is 20.6 Å². The molecule has 0 radical (unpaired) electrons. The molecule has 1 aromatic rings. The molecule has 106 valence electrons. The number of nitrogens with zero attached hydrogens (tertiary/aromatic N) is 1. The molecule has 0 heterocycles. The zero-order valence-electron chi connectivity index (χ0n) is 14.3. The first-order valence-electron chi connectivity index (χ1n) is 8.24. The van der Waals surface area contributed by atoms with Gasteiger partial charge in [0, 0.05) is 15.2 Å². The molecule has 1 fully saturated rings. The molecule has 0 spiro atoms. The molecule has 0 bridgehead atoms. The number of likely N-dealkylation sites (N-methyl/N-ethyl adjacent to an activating group) is 1. The maximum absolute atomic E-state index is 11.2. The minimum absolute atomic E-state index is 0.527. The molecule has 0 amide bonds.